The van der Waals surface area contributed by atoms with Gasteiger partial charge in [-0.15, -0.1) is 0 Å². The summed E-state index contributed by atoms with van der Waals surface area (Å²) in [4.78, 5) is 25.0. The maximum atomic E-state index is 12.6. The highest BCUT2D eigenvalue weighted by atomic mass is 16.2. The van der Waals surface area contributed by atoms with Gasteiger partial charge in [0.1, 0.15) is 6.54 Å². The summed E-state index contributed by atoms with van der Waals surface area (Å²) in [6.07, 6.45) is 0.883. The third kappa shape index (κ3) is 3.16. The van der Waals surface area contributed by atoms with Crippen LogP contribution in [0.4, 0.5) is 0 Å². The predicted molar refractivity (Wildman–Crippen MR) is 97.3 cm³/mol. The minimum atomic E-state index is -0.0509. The number of hydrogen-bond acceptors (Lipinski definition) is 3. The lowest BCUT2D eigenvalue weighted by Crippen LogP contribution is -2.30. The zero-order chi connectivity index (χ0) is 16.9. The average Bonchev–Trinajstić information content (AvgIpc) is 2.62. The molecule has 2 N–H and O–H groups in total. The van der Waals surface area contributed by atoms with Crippen LogP contribution in [0.2, 0.25) is 0 Å². The van der Waals surface area contributed by atoms with Crippen molar-refractivity contribution in [1.29, 1.82) is 0 Å². The second-order valence-electron chi connectivity index (χ2n) is 5.76. The summed E-state index contributed by atoms with van der Waals surface area (Å²) in [5.74, 6) is -0.0509. The van der Waals surface area contributed by atoms with E-state index in [-0.39, 0.29) is 17.9 Å². The summed E-state index contributed by atoms with van der Waals surface area (Å²) in [6.45, 7) is 1.70. The second kappa shape index (κ2) is 7.27. The van der Waals surface area contributed by atoms with Gasteiger partial charge in [-0.25, -0.2) is 0 Å². The topological polar surface area (TPSA) is 63.1 Å². The van der Waals surface area contributed by atoms with Gasteiger partial charge in [-0.05, 0) is 44.3 Å². The Hall–Kier alpha value is -2.66. The monoisotopic (exact) mass is 323 g/mol. The molecule has 0 bridgehead atoms. The van der Waals surface area contributed by atoms with E-state index in [2.05, 4.69) is 10.6 Å². The normalized spacial score (nSPS) is 11.0. The van der Waals surface area contributed by atoms with Crippen molar-refractivity contribution < 1.29 is 4.79 Å². The molecular weight excluding hydrogens is 302 g/mol. The molecule has 5 heteroatoms. The smallest absolute Gasteiger partial charge is 0.239 e. The average molecular weight is 323 g/mol. The molecule has 24 heavy (non-hydrogen) atoms. The van der Waals surface area contributed by atoms with Crippen LogP contribution in [0.25, 0.3) is 21.8 Å². The molecule has 1 heterocycles. The molecule has 0 aliphatic rings. The maximum Gasteiger partial charge on any atom is 0.239 e. The lowest BCUT2D eigenvalue weighted by atomic mass is 10.1. The van der Waals surface area contributed by atoms with E-state index in [9.17, 15) is 9.59 Å². The predicted octanol–water partition coefficient (Wildman–Crippen LogP) is 1.88. The molecule has 1 aromatic heterocycles. The minimum Gasteiger partial charge on any atom is -0.355 e. The van der Waals surface area contributed by atoms with Crippen LogP contribution in [0.5, 0.6) is 0 Å². The highest BCUT2D eigenvalue weighted by Gasteiger charge is 2.12. The van der Waals surface area contributed by atoms with Crippen molar-refractivity contribution in [1.82, 2.24) is 15.2 Å². The standard InChI is InChI=1S/C19H21N3O2/c1-20-11-6-12-21-18(23)13-22-16-9-4-2-7-14(16)19(24)15-8-3-5-10-17(15)22/h2-5,7-10,20H,6,11-13H2,1H3,(H,21,23). The highest BCUT2D eigenvalue weighted by Crippen LogP contribution is 2.18. The molecule has 3 rings (SSSR count). The number of pyridine rings is 1. The lowest BCUT2D eigenvalue weighted by molar-refractivity contribution is -0.121. The first-order valence-electron chi connectivity index (χ1n) is 8.14. The first kappa shape index (κ1) is 16.2. The molecule has 124 valence electrons. The van der Waals surface area contributed by atoms with Crippen LogP contribution in [-0.2, 0) is 11.3 Å². The largest absolute Gasteiger partial charge is 0.355 e. The fraction of sp³-hybridized carbons (Fsp3) is 0.263. The van der Waals surface area contributed by atoms with Crippen LogP contribution in [0.1, 0.15) is 6.42 Å². The molecule has 0 saturated carbocycles. The molecule has 2 aromatic carbocycles. The van der Waals surface area contributed by atoms with Crippen LogP contribution in [0, 0.1) is 0 Å². The Morgan fingerprint density at radius 2 is 1.54 bits per heavy atom. The van der Waals surface area contributed by atoms with Crippen molar-refractivity contribution in [2.24, 2.45) is 0 Å². The van der Waals surface area contributed by atoms with Gasteiger partial charge in [0, 0.05) is 17.3 Å². The summed E-state index contributed by atoms with van der Waals surface area (Å²) in [6, 6.07) is 14.9. The molecular formula is C19H21N3O2. The van der Waals surface area contributed by atoms with E-state index in [1.807, 2.05) is 60.1 Å². The summed E-state index contributed by atoms with van der Waals surface area (Å²) in [5.41, 5.74) is 1.57. The molecule has 0 unspecified atom stereocenters. The van der Waals surface area contributed by atoms with E-state index < -0.39 is 0 Å². The number of nitrogens with zero attached hydrogens (tertiary/aromatic N) is 1. The van der Waals surface area contributed by atoms with E-state index in [1.54, 1.807) is 0 Å². The summed E-state index contributed by atoms with van der Waals surface area (Å²) >= 11 is 0. The van der Waals surface area contributed by atoms with Crippen LogP contribution in [0.3, 0.4) is 0 Å². The van der Waals surface area contributed by atoms with Gasteiger partial charge < -0.3 is 15.2 Å². The number of nitrogens with one attached hydrogen (secondary N) is 2. The van der Waals surface area contributed by atoms with Gasteiger partial charge in [-0.3, -0.25) is 9.59 Å². The zero-order valence-electron chi connectivity index (χ0n) is 13.7. The van der Waals surface area contributed by atoms with Crippen molar-refractivity contribution >= 4 is 27.7 Å². The van der Waals surface area contributed by atoms with Gasteiger partial charge in [-0.1, -0.05) is 24.3 Å². The van der Waals surface area contributed by atoms with Crippen LogP contribution in [-0.4, -0.2) is 30.6 Å². The van der Waals surface area contributed by atoms with Crippen molar-refractivity contribution in [2.75, 3.05) is 20.1 Å². The Balaban J connectivity index is 2.00. The third-order valence-corrected chi connectivity index (χ3v) is 4.11. The van der Waals surface area contributed by atoms with Crippen molar-refractivity contribution in [3.05, 3.63) is 58.8 Å². The fourth-order valence-corrected chi connectivity index (χ4v) is 2.94. The molecule has 0 spiro atoms. The quantitative estimate of drug-likeness (QED) is 0.538. The van der Waals surface area contributed by atoms with Gasteiger partial charge in [0.25, 0.3) is 0 Å². The summed E-state index contributed by atoms with van der Waals surface area (Å²) in [5, 5.41) is 7.26. The Labute approximate surface area is 140 Å². The number of hydrogen-bond donors (Lipinski definition) is 2. The molecule has 0 saturated heterocycles. The Kier molecular flexibility index (Phi) is 4.91. The third-order valence-electron chi connectivity index (χ3n) is 4.11. The number of rotatable bonds is 6. The Morgan fingerprint density at radius 3 is 2.12 bits per heavy atom. The number of carbonyl (C=O) groups is 1. The number of carbonyl (C=O) groups excluding carboxylic acids is 1. The van der Waals surface area contributed by atoms with Crippen LogP contribution >= 0.6 is 0 Å². The van der Waals surface area contributed by atoms with Gasteiger partial charge in [0.15, 0.2) is 5.43 Å². The van der Waals surface area contributed by atoms with Crippen LogP contribution < -0.4 is 16.1 Å². The van der Waals surface area contributed by atoms with E-state index in [0.29, 0.717) is 17.3 Å². The second-order valence-corrected chi connectivity index (χ2v) is 5.76. The number of aromatic nitrogens is 1. The summed E-state index contributed by atoms with van der Waals surface area (Å²) in [7, 11) is 1.89. The molecule has 5 nitrogen and oxygen atoms in total. The molecule has 1 amide bonds. The molecule has 0 radical (unpaired) electrons. The lowest BCUT2D eigenvalue weighted by Gasteiger charge is -2.15. The Bertz CT molecular complexity index is 871. The SMILES string of the molecule is CNCCCNC(=O)Cn1c2ccccc2c(=O)c2ccccc21. The van der Waals surface area contributed by atoms with Gasteiger partial charge in [0.05, 0.1) is 11.0 Å². The highest BCUT2D eigenvalue weighted by molar-refractivity contribution is 5.94. The first-order valence-corrected chi connectivity index (χ1v) is 8.14. The van der Waals surface area contributed by atoms with Crippen molar-refractivity contribution in [2.45, 2.75) is 13.0 Å². The van der Waals surface area contributed by atoms with Crippen molar-refractivity contribution in [3.63, 3.8) is 0 Å². The number of para-hydroxylation sites is 2. The molecule has 0 fully saturated rings. The molecule has 3 aromatic rings. The number of benzene rings is 2. The minimum absolute atomic E-state index is 0.00637. The van der Waals surface area contributed by atoms with E-state index in [1.165, 1.54) is 0 Å². The van der Waals surface area contributed by atoms with Gasteiger partial charge >= 0.3 is 0 Å². The fourth-order valence-electron chi connectivity index (χ4n) is 2.94. The molecule has 0 aliphatic heterocycles. The van der Waals surface area contributed by atoms with E-state index >= 15 is 0 Å². The van der Waals surface area contributed by atoms with Crippen LogP contribution in [0.15, 0.2) is 53.3 Å². The number of amides is 1. The number of fused-ring (bicyclic) bond motifs is 2. The first-order chi connectivity index (χ1) is 11.7. The van der Waals surface area contributed by atoms with Gasteiger partial charge in [0.2, 0.25) is 5.91 Å². The van der Waals surface area contributed by atoms with E-state index in [4.69, 9.17) is 0 Å². The Morgan fingerprint density at radius 1 is 0.958 bits per heavy atom. The maximum absolute atomic E-state index is 12.6. The molecule has 0 atom stereocenters. The van der Waals surface area contributed by atoms with Crippen molar-refractivity contribution in [3.8, 4) is 0 Å². The van der Waals surface area contributed by atoms with E-state index in [0.717, 1.165) is 24.0 Å². The van der Waals surface area contributed by atoms with Gasteiger partial charge in [-0.2, -0.15) is 0 Å². The molecule has 0 aliphatic carbocycles. The summed E-state index contributed by atoms with van der Waals surface area (Å²) < 4.78 is 1.92. The zero-order valence-corrected chi connectivity index (χ0v) is 13.7.